The highest BCUT2D eigenvalue weighted by atomic mass is 16.2. The highest BCUT2D eigenvalue weighted by Gasteiger charge is 2.21. The Balaban J connectivity index is 4.35. The quantitative estimate of drug-likeness (QED) is 0.626. The van der Waals surface area contributed by atoms with E-state index in [9.17, 15) is 9.59 Å². The molecule has 0 fully saturated rings. The fourth-order valence-corrected chi connectivity index (χ4v) is 1.53. The molecule has 0 rings (SSSR count). The van der Waals surface area contributed by atoms with Gasteiger partial charge < -0.3 is 10.6 Å². The van der Waals surface area contributed by atoms with Crippen molar-refractivity contribution >= 4 is 11.8 Å². The van der Waals surface area contributed by atoms with Crippen LogP contribution in [0.15, 0.2) is 0 Å². The largest absolute Gasteiger partial charge is 0.353 e. The van der Waals surface area contributed by atoms with Crippen LogP contribution in [0, 0.1) is 12.3 Å². The predicted octanol–water partition coefficient (Wildman–Crippen LogP) is -0.0292. The summed E-state index contributed by atoms with van der Waals surface area (Å²) in [5.74, 6) is 2.11. The maximum atomic E-state index is 11.7. The number of nitrogens with zero attached hydrogens (tertiary/aromatic N) is 1. The number of carbonyl (C=O) groups excluding carboxylic acids is 2. The van der Waals surface area contributed by atoms with E-state index in [1.165, 1.54) is 0 Å². The molecule has 0 saturated carbocycles. The van der Waals surface area contributed by atoms with E-state index in [1.807, 2.05) is 20.8 Å². The van der Waals surface area contributed by atoms with E-state index in [-0.39, 0.29) is 37.0 Å². The van der Waals surface area contributed by atoms with Gasteiger partial charge in [-0.05, 0) is 27.3 Å². The van der Waals surface area contributed by atoms with Crippen molar-refractivity contribution < 1.29 is 9.59 Å². The Morgan fingerprint density at radius 3 is 2.39 bits per heavy atom. The van der Waals surface area contributed by atoms with Gasteiger partial charge >= 0.3 is 0 Å². The molecular weight excluding hydrogens is 230 g/mol. The molecule has 102 valence electrons. The molecule has 5 nitrogen and oxygen atoms in total. The van der Waals surface area contributed by atoms with Gasteiger partial charge in [0, 0.05) is 6.04 Å². The lowest BCUT2D eigenvalue weighted by Crippen LogP contribution is -2.49. The number of likely N-dealkylation sites (N-methyl/N-ethyl adjacent to an activating group) is 1. The van der Waals surface area contributed by atoms with E-state index in [4.69, 9.17) is 6.42 Å². The first-order valence-corrected chi connectivity index (χ1v) is 6.16. The number of carbonyl (C=O) groups is 2. The third kappa shape index (κ3) is 6.26. The summed E-state index contributed by atoms with van der Waals surface area (Å²) in [7, 11) is 0. The summed E-state index contributed by atoms with van der Waals surface area (Å²) >= 11 is 0. The van der Waals surface area contributed by atoms with Gasteiger partial charge in [0.1, 0.15) is 0 Å². The Hall–Kier alpha value is -1.54. The number of hydrogen-bond acceptors (Lipinski definition) is 3. The Morgan fingerprint density at radius 2 is 1.94 bits per heavy atom. The average Bonchev–Trinajstić information content (AvgIpc) is 2.31. The van der Waals surface area contributed by atoms with Crippen LogP contribution in [0.1, 0.15) is 27.7 Å². The first kappa shape index (κ1) is 16.5. The number of amides is 2. The molecular formula is C13H23N3O2. The van der Waals surface area contributed by atoms with Crippen molar-refractivity contribution in [2.45, 2.75) is 39.8 Å². The van der Waals surface area contributed by atoms with Gasteiger partial charge in [-0.1, -0.05) is 12.8 Å². The number of rotatable bonds is 7. The third-order valence-electron chi connectivity index (χ3n) is 2.49. The molecule has 0 saturated heterocycles. The van der Waals surface area contributed by atoms with Gasteiger partial charge in [0.15, 0.2) is 0 Å². The van der Waals surface area contributed by atoms with Crippen LogP contribution in [0.5, 0.6) is 0 Å². The van der Waals surface area contributed by atoms with Crippen molar-refractivity contribution in [1.29, 1.82) is 0 Å². The fourth-order valence-electron chi connectivity index (χ4n) is 1.53. The van der Waals surface area contributed by atoms with Gasteiger partial charge in [-0.2, -0.15) is 0 Å². The number of hydrogen-bond donors (Lipinski definition) is 2. The molecule has 2 N–H and O–H groups in total. The second-order valence-corrected chi connectivity index (χ2v) is 4.38. The SMILES string of the molecule is C#CCNC(=O)C(C)N(CC)CC(=O)NC(C)C. The molecule has 0 aromatic heterocycles. The lowest BCUT2D eigenvalue weighted by molar-refractivity contribution is -0.128. The average molecular weight is 253 g/mol. The third-order valence-corrected chi connectivity index (χ3v) is 2.49. The minimum absolute atomic E-state index is 0.0801. The van der Waals surface area contributed by atoms with Gasteiger partial charge in [-0.25, -0.2) is 0 Å². The summed E-state index contributed by atoms with van der Waals surface area (Å²) in [6, 6.07) is -0.275. The standard InChI is InChI=1S/C13H23N3O2/c1-6-8-14-13(18)11(5)16(7-2)9-12(17)15-10(3)4/h1,10-11H,7-9H2,2-5H3,(H,14,18)(H,15,17). The van der Waals surface area contributed by atoms with Gasteiger partial charge in [0.2, 0.25) is 11.8 Å². The first-order chi connectivity index (χ1) is 8.42. The van der Waals surface area contributed by atoms with Crippen molar-refractivity contribution in [2.75, 3.05) is 19.6 Å². The fraction of sp³-hybridized carbons (Fsp3) is 0.692. The summed E-state index contributed by atoms with van der Waals surface area (Å²) in [6.07, 6.45) is 5.08. The summed E-state index contributed by atoms with van der Waals surface area (Å²) < 4.78 is 0. The van der Waals surface area contributed by atoms with E-state index in [2.05, 4.69) is 16.6 Å². The maximum Gasteiger partial charge on any atom is 0.237 e. The topological polar surface area (TPSA) is 61.4 Å². The maximum absolute atomic E-state index is 11.7. The Kier molecular flexibility index (Phi) is 7.81. The Morgan fingerprint density at radius 1 is 1.33 bits per heavy atom. The molecule has 2 amide bonds. The zero-order valence-corrected chi connectivity index (χ0v) is 11.6. The van der Waals surface area contributed by atoms with Gasteiger partial charge in [0.25, 0.3) is 0 Å². The van der Waals surface area contributed by atoms with Crippen LogP contribution in [0.4, 0.5) is 0 Å². The van der Waals surface area contributed by atoms with Crippen LogP contribution in [0.3, 0.4) is 0 Å². The zero-order valence-electron chi connectivity index (χ0n) is 11.6. The normalized spacial score (nSPS) is 12.1. The monoisotopic (exact) mass is 253 g/mol. The molecule has 0 bridgehead atoms. The van der Waals surface area contributed by atoms with Crippen molar-refractivity contribution in [3.05, 3.63) is 0 Å². The smallest absolute Gasteiger partial charge is 0.237 e. The van der Waals surface area contributed by atoms with Gasteiger partial charge in [-0.3, -0.25) is 14.5 Å². The molecule has 0 heterocycles. The predicted molar refractivity (Wildman–Crippen MR) is 71.8 cm³/mol. The van der Waals surface area contributed by atoms with Crippen LogP contribution >= 0.6 is 0 Å². The second kappa shape index (κ2) is 8.54. The van der Waals surface area contributed by atoms with E-state index in [1.54, 1.807) is 11.8 Å². The zero-order chi connectivity index (χ0) is 14.1. The summed E-state index contributed by atoms with van der Waals surface area (Å²) in [4.78, 5) is 25.2. The first-order valence-electron chi connectivity index (χ1n) is 6.16. The summed E-state index contributed by atoms with van der Waals surface area (Å²) in [5.41, 5.74) is 0. The molecule has 0 aromatic rings. The van der Waals surface area contributed by atoms with Crippen LogP contribution in [-0.4, -0.2) is 48.4 Å². The van der Waals surface area contributed by atoms with Gasteiger partial charge in [0.05, 0.1) is 19.1 Å². The second-order valence-electron chi connectivity index (χ2n) is 4.38. The molecule has 0 aromatic carbocycles. The lowest BCUT2D eigenvalue weighted by atomic mass is 10.2. The van der Waals surface area contributed by atoms with E-state index in [0.29, 0.717) is 6.54 Å². The molecule has 5 heteroatoms. The van der Waals surface area contributed by atoms with Gasteiger partial charge in [-0.15, -0.1) is 6.42 Å². The Labute approximate surface area is 109 Å². The number of nitrogens with one attached hydrogen (secondary N) is 2. The Bertz CT molecular complexity index is 321. The summed E-state index contributed by atoms with van der Waals surface area (Å²) in [6.45, 7) is 8.51. The number of terminal acetylenes is 1. The van der Waals surface area contributed by atoms with E-state index < -0.39 is 0 Å². The van der Waals surface area contributed by atoms with Crippen LogP contribution < -0.4 is 10.6 Å². The minimum atomic E-state index is -0.374. The van der Waals surface area contributed by atoms with Crippen molar-refractivity contribution in [3.8, 4) is 12.3 Å². The van der Waals surface area contributed by atoms with Crippen molar-refractivity contribution in [1.82, 2.24) is 15.5 Å². The van der Waals surface area contributed by atoms with Crippen LogP contribution in [0.2, 0.25) is 0 Å². The lowest BCUT2D eigenvalue weighted by Gasteiger charge is -2.26. The molecule has 0 aliphatic carbocycles. The van der Waals surface area contributed by atoms with Crippen LogP contribution in [0.25, 0.3) is 0 Å². The molecule has 18 heavy (non-hydrogen) atoms. The van der Waals surface area contributed by atoms with E-state index in [0.717, 1.165) is 0 Å². The van der Waals surface area contributed by atoms with Crippen molar-refractivity contribution in [2.24, 2.45) is 0 Å². The minimum Gasteiger partial charge on any atom is -0.353 e. The molecule has 1 unspecified atom stereocenters. The molecule has 0 radical (unpaired) electrons. The molecule has 0 aliphatic rings. The highest BCUT2D eigenvalue weighted by molar-refractivity contribution is 5.83. The molecule has 0 spiro atoms. The molecule has 1 atom stereocenters. The summed E-state index contributed by atoms with van der Waals surface area (Å²) in [5, 5.41) is 5.41. The molecule has 0 aliphatic heterocycles. The van der Waals surface area contributed by atoms with E-state index >= 15 is 0 Å². The van der Waals surface area contributed by atoms with Crippen LogP contribution in [-0.2, 0) is 9.59 Å². The van der Waals surface area contributed by atoms with Crippen molar-refractivity contribution in [3.63, 3.8) is 0 Å². The highest BCUT2D eigenvalue weighted by Crippen LogP contribution is 1.99.